The molecule has 0 aliphatic carbocycles. The van der Waals surface area contributed by atoms with Crippen LogP contribution in [0.3, 0.4) is 0 Å². The fourth-order valence-electron chi connectivity index (χ4n) is 1.84. The van der Waals surface area contributed by atoms with Crippen molar-refractivity contribution in [3.63, 3.8) is 0 Å². The van der Waals surface area contributed by atoms with Gasteiger partial charge in [-0.3, -0.25) is 0 Å². The second kappa shape index (κ2) is 7.00. The summed E-state index contributed by atoms with van der Waals surface area (Å²) in [5, 5.41) is 0.712. The molecule has 0 spiro atoms. The molecule has 0 saturated heterocycles. The van der Waals surface area contributed by atoms with E-state index in [1.54, 1.807) is 0 Å². The number of nitrogens with two attached hydrogens (primary N) is 1. The molecule has 0 atom stereocenters. The molecule has 3 heteroatoms. The number of hydrogen-bond donors (Lipinski definition) is 1. The minimum absolute atomic E-state index is 0.353. The maximum Gasteiger partial charge on any atom is 0.122 e. The number of rotatable bonds is 3. The molecule has 0 aliphatic heterocycles. The highest BCUT2D eigenvalue weighted by Gasteiger charge is 2.03. The van der Waals surface area contributed by atoms with Crippen molar-refractivity contribution in [1.82, 2.24) is 0 Å². The van der Waals surface area contributed by atoms with E-state index < -0.39 is 0 Å². The van der Waals surface area contributed by atoms with Crippen LogP contribution in [0, 0.1) is 18.8 Å². The SMILES string of the molecule is Cc1cc(Cl)ccc1OCc1ccccc1C#CCN. The zero-order valence-corrected chi connectivity index (χ0v) is 12.1. The summed E-state index contributed by atoms with van der Waals surface area (Å²) in [6.45, 7) is 2.80. The Morgan fingerprint density at radius 2 is 2.00 bits per heavy atom. The van der Waals surface area contributed by atoms with Gasteiger partial charge >= 0.3 is 0 Å². The molecular weight excluding hydrogens is 270 g/mol. The van der Waals surface area contributed by atoms with Crippen LogP contribution in [0.5, 0.6) is 5.75 Å². The lowest BCUT2D eigenvalue weighted by atomic mass is 10.1. The predicted octanol–water partition coefficient (Wildman–Crippen LogP) is 3.54. The molecule has 2 rings (SSSR count). The Bertz CT molecular complexity index is 656. The second-order valence-corrected chi connectivity index (χ2v) is 4.80. The topological polar surface area (TPSA) is 35.2 Å². The number of aryl methyl sites for hydroxylation is 1. The van der Waals surface area contributed by atoms with Gasteiger partial charge in [0, 0.05) is 16.1 Å². The lowest BCUT2D eigenvalue weighted by molar-refractivity contribution is 0.304. The summed E-state index contributed by atoms with van der Waals surface area (Å²) >= 11 is 5.93. The largest absolute Gasteiger partial charge is 0.489 e. The van der Waals surface area contributed by atoms with E-state index in [1.807, 2.05) is 49.4 Å². The Labute approximate surface area is 124 Å². The van der Waals surface area contributed by atoms with Crippen LogP contribution in [0.2, 0.25) is 5.02 Å². The Kier molecular flexibility index (Phi) is 5.06. The molecule has 0 aliphatic rings. The molecule has 0 fully saturated rings. The van der Waals surface area contributed by atoms with Crippen LogP contribution >= 0.6 is 11.6 Å². The van der Waals surface area contributed by atoms with Crippen molar-refractivity contribution >= 4 is 11.6 Å². The first-order valence-electron chi connectivity index (χ1n) is 6.36. The van der Waals surface area contributed by atoms with Crippen LogP contribution in [0.25, 0.3) is 0 Å². The molecule has 0 aromatic heterocycles. The molecule has 0 unspecified atom stereocenters. The van der Waals surface area contributed by atoms with Gasteiger partial charge in [-0.2, -0.15) is 0 Å². The summed E-state index contributed by atoms with van der Waals surface area (Å²) < 4.78 is 5.84. The molecule has 2 N–H and O–H groups in total. The van der Waals surface area contributed by atoms with Gasteiger partial charge in [0.05, 0.1) is 6.54 Å². The smallest absolute Gasteiger partial charge is 0.122 e. The molecule has 0 saturated carbocycles. The lowest BCUT2D eigenvalue weighted by Crippen LogP contribution is -2.00. The van der Waals surface area contributed by atoms with E-state index >= 15 is 0 Å². The van der Waals surface area contributed by atoms with Gasteiger partial charge in [0.15, 0.2) is 0 Å². The van der Waals surface area contributed by atoms with E-state index in [2.05, 4.69) is 11.8 Å². The van der Waals surface area contributed by atoms with Crippen molar-refractivity contribution in [2.75, 3.05) is 6.54 Å². The monoisotopic (exact) mass is 285 g/mol. The maximum absolute atomic E-state index is 5.93. The summed E-state index contributed by atoms with van der Waals surface area (Å²) in [5.74, 6) is 6.75. The van der Waals surface area contributed by atoms with Gasteiger partial charge in [0.2, 0.25) is 0 Å². The first-order valence-corrected chi connectivity index (χ1v) is 6.74. The van der Waals surface area contributed by atoms with Crippen LogP contribution in [0.4, 0.5) is 0 Å². The highest BCUT2D eigenvalue weighted by Crippen LogP contribution is 2.23. The molecule has 2 aromatic carbocycles. The maximum atomic E-state index is 5.93. The number of hydrogen-bond acceptors (Lipinski definition) is 2. The average Bonchev–Trinajstić information content (AvgIpc) is 2.45. The van der Waals surface area contributed by atoms with Gasteiger partial charge in [0.25, 0.3) is 0 Å². The third-order valence-electron chi connectivity index (χ3n) is 2.86. The molecular formula is C17H16ClNO. The summed E-state index contributed by atoms with van der Waals surface area (Å²) in [7, 11) is 0. The summed E-state index contributed by atoms with van der Waals surface area (Å²) in [4.78, 5) is 0. The molecule has 0 bridgehead atoms. The normalized spacial score (nSPS) is 9.75. The summed E-state index contributed by atoms with van der Waals surface area (Å²) in [6.07, 6.45) is 0. The van der Waals surface area contributed by atoms with Crippen molar-refractivity contribution in [3.05, 3.63) is 64.2 Å². The number of ether oxygens (including phenoxy) is 1. The van der Waals surface area contributed by atoms with E-state index in [1.165, 1.54) is 0 Å². The van der Waals surface area contributed by atoms with Crippen molar-refractivity contribution in [3.8, 4) is 17.6 Å². The van der Waals surface area contributed by atoms with Gasteiger partial charge in [-0.05, 0) is 36.8 Å². The van der Waals surface area contributed by atoms with Crippen LogP contribution in [0.15, 0.2) is 42.5 Å². The number of benzene rings is 2. The second-order valence-electron chi connectivity index (χ2n) is 4.36. The molecule has 0 heterocycles. The minimum atomic E-state index is 0.353. The Hall–Kier alpha value is -1.95. The number of halogens is 1. The zero-order valence-electron chi connectivity index (χ0n) is 11.3. The molecule has 0 radical (unpaired) electrons. The molecule has 102 valence electrons. The predicted molar refractivity (Wildman–Crippen MR) is 82.9 cm³/mol. The van der Waals surface area contributed by atoms with E-state index in [0.29, 0.717) is 18.2 Å². The third-order valence-corrected chi connectivity index (χ3v) is 3.10. The Balaban J connectivity index is 2.14. The van der Waals surface area contributed by atoms with Crippen LogP contribution in [-0.2, 0) is 6.61 Å². The lowest BCUT2D eigenvalue weighted by Gasteiger charge is -2.10. The average molecular weight is 286 g/mol. The fraction of sp³-hybridized carbons (Fsp3) is 0.176. The van der Waals surface area contributed by atoms with Gasteiger partial charge in [-0.25, -0.2) is 0 Å². The fourth-order valence-corrected chi connectivity index (χ4v) is 2.07. The van der Waals surface area contributed by atoms with E-state index in [9.17, 15) is 0 Å². The van der Waals surface area contributed by atoms with Gasteiger partial charge in [0.1, 0.15) is 12.4 Å². The van der Waals surface area contributed by atoms with Gasteiger partial charge in [-0.1, -0.05) is 41.6 Å². The van der Waals surface area contributed by atoms with E-state index in [4.69, 9.17) is 22.1 Å². The quantitative estimate of drug-likeness (QED) is 0.876. The van der Waals surface area contributed by atoms with Crippen LogP contribution < -0.4 is 10.5 Å². The summed E-state index contributed by atoms with van der Waals surface area (Å²) in [6, 6.07) is 13.5. The first-order chi connectivity index (χ1) is 9.70. The molecule has 20 heavy (non-hydrogen) atoms. The van der Waals surface area contributed by atoms with Crippen molar-refractivity contribution in [2.24, 2.45) is 5.73 Å². The van der Waals surface area contributed by atoms with Crippen molar-refractivity contribution < 1.29 is 4.74 Å². The Morgan fingerprint density at radius 3 is 2.75 bits per heavy atom. The molecule has 2 nitrogen and oxygen atoms in total. The van der Waals surface area contributed by atoms with Gasteiger partial charge < -0.3 is 10.5 Å². The van der Waals surface area contributed by atoms with E-state index in [0.717, 1.165) is 22.4 Å². The van der Waals surface area contributed by atoms with Crippen molar-refractivity contribution in [2.45, 2.75) is 13.5 Å². The van der Waals surface area contributed by atoms with E-state index in [-0.39, 0.29) is 0 Å². The minimum Gasteiger partial charge on any atom is -0.489 e. The highest BCUT2D eigenvalue weighted by atomic mass is 35.5. The zero-order chi connectivity index (χ0) is 14.4. The van der Waals surface area contributed by atoms with Crippen LogP contribution in [0.1, 0.15) is 16.7 Å². The Morgan fingerprint density at radius 1 is 1.20 bits per heavy atom. The molecule has 2 aromatic rings. The van der Waals surface area contributed by atoms with Crippen molar-refractivity contribution in [1.29, 1.82) is 0 Å². The third kappa shape index (κ3) is 3.77. The van der Waals surface area contributed by atoms with Gasteiger partial charge in [-0.15, -0.1) is 0 Å². The highest BCUT2D eigenvalue weighted by molar-refractivity contribution is 6.30. The standard InChI is InChI=1S/C17H16ClNO/c1-13-11-16(18)8-9-17(13)20-12-15-6-3-2-5-14(15)7-4-10-19/h2-3,5-6,8-9,11H,10,12,19H2,1H3. The molecule has 0 amide bonds. The van der Waals surface area contributed by atoms with Crippen LogP contribution in [-0.4, -0.2) is 6.54 Å². The summed E-state index contributed by atoms with van der Waals surface area (Å²) in [5.41, 5.74) is 8.42. The first kappa shape index (κ1) is 14.5.